The monoisotopic (exact) mass is 324 g/mol. The van der Waals surface area contributed by atoms with E-state index in [4.69, 9.17) is 0 Å². The van der Waals surface area contributed by atoms with E-state index in [0.717, 1.165) is 24.7 Å². The number of amides is 1. The van der Waals surface area contributed by atoms with Gasteiger partial charge in [-0.3, -0.25) is 9.52 Å². The van der Waals surface area contributed by atoms with Crippen LogP contribution in [0.1, 0.15) is 44.1 Å². The molecule has 0 radical (unpaired) electrons. The van der Waals surface area contributed by atoms with Crippen molar-refractivity contribution in [1.82, 2.24) is 5.32 Å². The first-order valence-corrected chi connectivity index (χ1v) is 9.65. The van der Waals surface area contributed by atoms with Gasteiger partial charge in [0.15, 0.2) is 0 Å². The summed E-state index contributed by atoms with van der Waals surface area (Å²) in [5.41, 5.74) is 1.29. The fourth-order valence-electron chi connectivity index (χ4n) is 2.89. The van der Waals surface area contributed by atoms with Crippen LogP contribution >= 0.6 is 0 Å². The molecule has 0 saturated heterocycles. The second-order valence-electron chi connectivity index (χ2n) is 6.02. The van der Waals surface area contributed by atoms with Crippen LogP contribution in [0.4, 0.5) is 5.69 Å². The minimum absolute atomic E-state index is 0.0426. The standard InChI is InChI=1S/C16H24N2O3S/c1-22(20,21)18-15-10-6-5-9-14(15)12-17-16(19)11-13-7-3-2-4-8-13/h5-6,9-10,13,18H,2-4,7-8,11-12H2,1H3,(H,17,19). The SMILES string of the molecule is CS(=O)(=O)Nc1ccccc1CNC(=O)CC1CCCCC1. The minimum atomic E-state index is -3.32. The van der Waals surface area contributed by atoms with Gasteiger partial charge in [0, 0.05) is 13.0 Å². The Morgan fingerprint density at radius 1 is 1.18 bits per heavy atom. The molecule has 0 unspecified atom stereocenters. The Morgan fingerprint density at radius 2 is 1.86 bits per heavy atom. The molecular formula is C16H24N2O3S. The average molecular weight is 324 g/mol. The second kappa shape index (κ2) is 7.63. The quantitative estimate of drug-likeness (QED) is 0.844. The molecule has 0 bridgehead atoms. The predicted octanol–water partition coefficient (Wildman–Crippen LogP) is 2.64. The summed E-state index contributed by atoms with van der Waals surface area (Å²) >= 11 is 0. The zero-order valence-electron chi connectivity index (χ0n) is 13.0. The summed E-state index contributed by atoms with van der Waals surface area (Å²) in [6, 6.07) is 7.11. The van der Waals surface area contributed by atoms with E-state index in [2.05, 4.69) is 10.0 Å². The van der Waals surface area contributed by atoms with Crippen molar-refractivity contribution in [3.8, 4) is 0 Å². The smallest absolute Gasteiger partial charge is 0.229 e. The van der Waals surface area contributed by atoms with Gasteiger partial charge in [-0.1, -0.05) is 37.5 Å². The average Bonchev–Trinajstić information content (AvgIpc) is 2.46. The van der Waals surface area contributed by atoms with Gasteiger partial charge in [0.1, 0.15) is 0 Å². The Balaban J connectivity index is 1.89. The van der Waals surface area contributed by atoms with Crippen LogP contribution in [0.2, 0.25) is 0 Å². The Labute approximate surface area is 132 Å². The Kier molecular flexibility index (Phi) is 5.83. The number of para-hydroxylation sites is 1. The first-order chi connectivity index (χ1) is 10.4. The van der Waals surface area contributed by atoms with Crippen molar-refractivity contribution in [2.75, 3.05) is 11.0 Å². The molecule has 0 aliphatic heterocycles. The van der Waals surface area contributed by atoms with Crippen molar-refractivity contribution in [2.24, 2.45) is 5.92 Å². The molecule has 1 saturated carbocycles. The normalized spacial score (nSPS) is 16.2. The molecule has 122 valence electrons. The molecule has 6 heteroatoms. The van der Waals surface area contributed by atoms with Crippen LogP contribution in [0.15, 0.2) is 24.3 Å². The summed E-state index contributed by atoms with van der Waals surface area (Å²) in [4.78, 5) is 12.0. The number of carbonyl (C=O) groups excluding carboxylic acids is 1. The lowest BCUT2D eigenvalue weighted by Crippen LogP contribution is -2.26. The van der Waals surface area contributed by atoms with Crippen molar-refractivity contribution in [1.29, 1.82) is 0 Å². The molecule has 1 aliphatic rings. The van der Waals surface area contributed by atoms with Gasteiger partial charge in [-0.15, -0.1) is 0 Å². The Bertz CT molecular complexity index is 608. The van der Waals surface area contributed by atoms with E-state index in [0.29, 0.717) is 24.6 Å². The highest BCUT2D eigenvalue weighted by Gasteiger charge is 2.17. The zero-order valence-corrected chi connectivity index (χ0v) is 13.8. The molecule has 1 amide bonds. The van der Waals surface area contributed by atoms with E-state index in [1.54, 1.807) is 12.1 Å². The number of hydrogen-bond acceptors (Lipinski definition) is 3. The van der Waals surface area contributed by atoms with Crippen LogP contribution in [0.3, 0.4) is 0 Å². The van der Waals surface area contributed by atoms with Crippen molar-refractivity contribution in [3.63, 3.8) is 0 Å². The molecule has 1 aromatic rings. The largest absolute Gasteiger partial charge is 0.352 e. The summed E-state index contributed by atoms with van der Waals surface area (Å²) < 4.78 is 25.2. The lowest BCUT2D eigenvalue weighted by molar-refractivity contribution is -0.122. The summed E-state index contributed by atoms with van der Waals surface area (Å²) in [5.74, 6) is 0.541. The molecule has 0 aromatic heterocycles. The van der Waals surface area contributed by atoms with Crippen molar-refractivity contribution >= 4 is 21.6 Å². The molecule has 0 atom stereocenters. The number of benzene rings is 1. The van der Waals surface area contributed by atoms with Gasteiger partial charge in [0.2, 0.25) is 15.9 Å². The Morgan fingerprint density at radius 3 is 2.55 bits per heavy atom. The van der Waals surface area contributed by atoms with Crippen LogP contribution in [-0.4, -0.2) is 20.6 Å². The number of hydrogen-bond donors (Lipinski definition) is 2. The van der Waals surface area contributed by atoms with Gasteiger partial charge in [-0.25, -0.2) is 8.42 Å². The van der Waals surface area contributed by atoms with Gasteiger partial charge in [-0.05, 0) is 30.4 Å². The fourth-order valence-corrected chi connectivity index (χ4v) is 3.49. The molecule has 1 aromatic carbocycles. The molecule has 0 heterocycles. The van der Waals surface area contributed by atoms with Gasteiger partial charge in [0.05, 0.1) is 11.9 Å². The van der Waals surface area contributed by atoms with Crippen LogP contribution < -0.4 is 10.0 Å². The highest BCUT2D eigenvalue weighted by molar-refractivity contribution is 7.92. The summed E-state index contributed by atoms with van der Waals surface area (Å²) in [6.45, 7) is 0.338. The molecule has 1 fully saturated rings. The lowest BCUT2D eigenvalue weighted by Gasteiger charge is -2.21. The first kappa shape index (κ1) is 16.8. The van der Waals surface area contributed by atoms with E-state index in [9.17, 15) is 13.2 Å². The third kappa shape index (κ3) is 5.67. The summed E-state index contributed by atoms with van der Waals surface area (Å²) in [6.07, 6.45) is 7.69. The molecule has 1 aliphatic carbocycles. The number of nitrogens with one attached hydrogen (secondary N) is 2. The van der Waals surface area contributed by atoms with Crippen LogP contribution in [0.5, 0.6) is 0 Å². The number of carbonyl (C=O) groups is 1. The van der Waals surface area contributed by atoms with Gasteiger partial charge in [0.25, 0.3) is 0 Å². The van der Waals surface area contributed by atoms with Crippen LogP contribution in [-0.2, 0) is 21.4 Å². The third-order valence-corrected chi connectivity index (χ3v) is 4.58. The lowest BCUT2D eigenvalue weighted by atomic mass is 9.87. The van der Waals surface area contributed by atoms with Crippen molar-refractivity contribution in [3.05, 3.63) is 29.8 Å². The molecule has 2 rings (SSSR count). The van der Waals surface area contributed by atoms with E-state index in [1.807, 2.05) is 12.1 Å². The highest BCUT2D eigenvalue weighted by Crippen LogP contribution is 2.26. The number of rotatable bonds is 6. The van der Waals surface area contributed by atoms with Crippen molar-refractivity contribution < 1.29 is 13.2 Å². The molecule has 2 N–H and O–H groups in total. The fraction of sp³-hybridized carbons (Fsp3) is 0.562. The number of anilines is 1. The maximum atomic E-state index is 12.0. The maximum absolute atomic E-state index is 12.0. The van der Waals surface area contributed by atoms with Gasteiger partial charge >= 0.3 is 0 Å². The molecule has 22 heavy (non-hydrogen) atoms. The molecule has 5 nitrogen and oxygen atoms in total. The zero-order chi connectivity index (χ0) is 16.0. The molecule has 0 spiro atoms. The second-order valence-corrected chi connectivity index (χ2v) is 7.76. The number of sulfonamides is 1. The maximum Gasteiger partial charge on any atom is 0.229 e. The summed E-state index contributed by atoms with van der Waals surface area (Å²) in [5, 5.41) is 2.90. The third-order valence-electron chi connectivity index (χ3n) is 3.99. The highest BCUT2D eigenvalue weighted by atomic mass is 32.2. The van der Waals surface area contributed by atoms with E-state index in [-0.39, 0.29) is 5.91 Å². The van der Waals surface area contributed by atoms with E-state index in [1.165, 1.54) is 19.3 Å². The topological polar surface area (TPSA) is 75.3 Å². The molecular weight excluding hydrogens is 300 g/mol. The van der Waals surface area contributed by atoms with Crippen molar-refractivity contribution in [2.45, 2.75) is 45.1 Å². The predicted molar refractivity (Wildman–Crippen MR) is 87.9 cm³/mol. The van der Waals surface area contributed by atoms with Gasteiger partial charge < -0.3 is 5.32 Å². The van der Waals surface area contributed by atoms with Crippen LogP contribution in [0, 0.1) is 5.92 Å². The minimum Gasteiger partial charge on any atom is -0.352 e. The first-order valence-electron chi connectivity index (χ1n) is 7.76. The van der Waals surface area contributed by atoms with Gasteiger partial charge in [-0.2, -0.15) is 0 Å². The summed E-state index contributed by atoms with van der Waals surface area (Å²) in [7, 11) is -3.32. The van der Waals surface area contributed by atoms with E-state index >= 15 is 0 Å². The Hall–Kier alpha value is -1.56. The van der Waals surface area contributed by atoms with Crippen LogP contribution in [0.25, 0.3) is 0 Å². The van der Waals surface area contributed by atoms with E-state index < -0.39 is 10.0 Å².